The van der Waals surface area contributed by atoms with Gasteiger partial charge in [-0.3, -0.25) is 4.90 Å². The molecule has 176 valence electrons. The summed E-state index contributed by atoms with van der Waals surface area (Å²) in [5.41, 5.74) is 2.92. The Morgan fingerprint density at radius 3 is 2.45 bits per heavy atom. The predicted molar refractivity (Wildman–Crippen MR) is 144 cm³/mol. The highest BCUT2D eigenvalue weighted by molar-refractivity contribution is 9.09. The lowest BCUT2D eigenvalue weighted by Gasteiger charge is -2.51. The Morgan fingerprint density at radius 2 is 1.73 bits per heavy atom. The van der Waals surface area contributed by atoms with Crippen LogP contribution in [0.25, 0.3) is 0 Å². The summed E-state index contributed by atoms with van der Waals surface area (Å²) in [5, 5.41) is 0. The molecule has 0 aromatic heterocycles. The van der Waals surface area contributed by atoms with Crippen LogP contribution in [-0.4, -0.2) is 38.8 Å². The van der Waals surface area contributed by atoms with E-state index in [0.717, 1.165) is 25.7 Å². The molecule has 5 aliphatic carbocycles. The Hall–Kier alpha value is -1.58. The largest absolute Gasteiger partial charge is 0.341 e. The standard InChI is InChI=1S/C30H39BrN2/c31-30-28(32(24-14-5-1-6-15-24)25-16-7-2-8-17-25)22-13-23-29(30)33(26-18-9-3-10-19-26)27-20-11-4-12-21-27/h1-3,5-7,9,11,14,18,20-21,24-25,28-30H,4,8,10,12-13,15-17,19,22-23H2. The van der Waals surface area contributed by atoms with Crippen molar-refractivity contribution in [1.82, 2.24) is 9.80 Å². The number of hydrogen-bond donors (Lipinski definition) is 0. The fourth-order valence-corrected chi connectivity index (χ4v) is 7.50. The second kappa shape index (κ2) is 11.2. The van der Waals surface area contributed by atoms with Crippen LogP contribution in [-0.2, 0) is 0 Å². The van der Waals surface area contributed by atoms with Crippen molar-refractivity contribution in [2.45, 2.75) is 99.6 Å². The lowest BCUT2D eigenvalue weighted by atomic mass is 9.84. The molecule has 5 rings (SSSR count). The van der Waals surface area contributed by atoms with Gasteiger partial charge in [0.05, 0.1) is 4.83 Å². The monoisotopic (exact) mass is 506 g/mol. The van der Waals surface area contributed by atoms with Gasteiger partial charge in [-0.2, -0.15) is 0 Å². The Bertz CT molecular complexity index is 889. The second-order valence-electron chi connectivity index (χ2n) is 10.1. The molecule has 5 atom stereocenters. The highest BCUT2D eigenvalue weighted by Gasteiger charge is 2.43. The molecule has 0 bridgehead atoms. The summed E-state index contributed by atoms with van der Waals surface area (Å²) in [6.07, 6.45) is 41.6. The third kappa shape index (κ3) is 5.25. The molecule has 33 heavy (non-hydrogen) atoms. The molecule has 2 nitrogen and oxygen atoms in total. The zero-order chi connectivity index (χ0) is 22.5. The average molecular weight is 508 g/mol. The fraction of sp³-hybridized carbons (Fsp3) is 0.533. The Balaban J connectivity index is 1.45. The van der Waals surface area contributed by atoms with Crippen LogP contribution in [0, 0.1) is 0 Å². The van der Waals surface area contributed by atoms with Gasteiger partial charge in [0.25, 0.3) is 0 Å². The summed E-state index contributed by atoms with van der Waals surface area (Å²) in [6.45, 7) is 0. The highest BCUT2D eigenvalue weighted by atomic mass is 79.9. The lowest BCUT2D eigenvalue weighted by molar-refractivity contribution is 0.0555. The van der Waals surface area contributed by atoms with Gasteiger partial charge in [-0.15, -0.1) is 0 Å². The van der Waals surface area contributed by atoms with Crippen LogP contribution < -0.4 is 0 Å². The maximum Gasteiger partial charge on any atom is 0.0509 e. The van der Waals surface area contributed by atoms with Gasteiger partial charge in [0.15, 0.2) is 0 Å². The molecule has 0 spiro atoms. The quantitative estimate of drug-likeness (QED) is 0.268. The first-order chi connectivity index (χ1) is 16.3. The number of hydrogen-bond acceptors (Lipinski definition) is 2. The molecule has 1 fully saturated rings. The van der Waals surface area contributed by atoms with Crippen LogP contribution in [0.1, 0.15) is 70.6 Å². The van der Waals surface area contributed by atoms with Crippen molar-refractivity contribution in [2.75, 3.05) is 0 Å². The van der Waals surface area contributed by atoms with Crippen molar-refractivity contribution < 1.29 is 0 Å². The van der Waals surface area contributed by atoms with E-state index in [1.807, 2.05) is 0 Å². The number of allylic oxidation sites excluding steroid dienone is 10. The van der Waals surface area contributed by atoms with E-state index >= 15 is 0 Å². The molecular formula is C30H39BrN2. The molecule has 0 radical (unpaired) electrons. The average Bonchev–Trinajstić information content (AvgIpc) is 2.89. The van der Waals surface area contributed by atoms with Gasteiger partial charge in [0.2, 0.25) is 0 Å². The van der Waals surface area contributed by atoms with E-state index in [4.69, 9.17) is 0 Å². The maximum absolute atomic E-state index is 4.35. The first kappa shape index (κ1) is 23.2. The summed E-state index contributed by atoms with van der Waals surface area (Å²) >= 11 is 4.35. The van der Waals surface area contributed by atoms with Crippen molar-refractivity contribution in [3.8, 4) is 0 Å². The number of rotatable bonds is 6. The van der Waals surface area contributed by atoms with E-state index in [-0.39, 0.29) is 0 Å². The van der Waals surface area contributed by atoms with E-state index in [1.54, 1.807) is 0 Å². The van der Waals surface area contributed by atoms with Crippen LogP contribution >= 0.6 is 15.9 Å². The van der Waals surface area contributed by atoms with E-state index < -0.39 is 0 Å². The predicted octanol–water partition coefficient (Wildman–Crippen LogP) is 7.74. The molecule has 0 heterocycles. The third-order valence-corrected chi connectivity index (χ3v) is 9.23. The van der Waals surface area contributed by atoms with Crippen LogP contribution in [0.2, 0.25) is 0 Å². The van der Waals surface area contributed by atoms with Gasteiger partial charge in [-0.05, 0) is 82.8 Å². The van der Waals surface area contributed by atoms with Gasteiger partial charge in [0, 0.05) is 35.6 Å². The van der Waals surface area contributed by atoms with Crippen molar-refractivity contribution >= 4 is 15.9 Å². The van der Waals surface area contributed by atoms with Gasteiger partial charge >= 0.3 is 0 Å². The summed E-state index contributed by atoms with van der Waals surface area (Å²) in [4.78, 5) is 6.10. The molecule has 0 saturated heterocycles. The van der Waals surface area contributed by atoms with E-state index in [1.165, 1.54) is 56.3 Å². The van der Waals surface area contributed by atoms with Gasteiger partial charge in [-0.1, -0.05) is 76.7 Å². The van der Waals surface area contributed by atoms with Crippen molar-refractivity contribution in [1.29, 1.82) is 0 Å². The minimum atomic E-state index is 0.458. The molecule has 3 heteroatoms. The topological polar surface area (TPSA) is 6.48 Å². The van der Waals surface area contributed by atoms with Crippen molar-refractivity contribution in [3.05, 3.63) is 84.3 Å². The van der Waals surface area contributed by atoms with Gasteiger partial charge < -0.3 is 4.90 Å². The first-order valence-corrected chi connectivity index (χ1v) is 14.2. The van der Waals surface area contributed by atoms with Crippen LogP contribution in [0.4, 0.5) is 0 Å². The Morgan fingerprint density at radius 1 is 0.788 bits per heavy atom. The SMILES string of the molecule is BrC1C(N(C2=CCCC=C2)C2=CC=CCC2)CCCC1N(C1C=CC=CC1)C1CC=CCC1. The molecule has 0 aliphatic heterocycles. The van der Waals surface area contributed by atoms with Crippen LogP contribution in [0.15, 0.2) is 84.3 Å². The number of halogens is 1. The minimum Gasteiger partial charge on any atom is -0.341 e. The Labute approximate surface area is 209 Å². The summed E-state index contributed by atoms with van der Waals surface area (Å²) in [5.74, 6) is 0. The van der Waals surface area contributed by atoms with Crippen LogP contribution in [0.5, 0.6) is 0 Å². The normalized spacial score (nSPS) is 33.8. The first-order valence-electron chi connectivity index (χ1n) is 13.2. The second-order valence-corrected chi connectivity index (χ2v) is 11.2. The number of nitrogens with zero attached hydrogens (tertiary/aromatic N) is 2. The molecule has 0 aromatic carbocycles. The molecule has 1 saturated carbocycles. The maximum atomic E-state index is 4.35. The van der Waals surface area contributed by atoms with Crippen LogP contribution in [0.3, 0.4) is 0 Å². The van der Waals surface area contributed by atoms with Crippen molar-refractivity contribution in [3.63, 3.8) is 0 Å². The highest BCUT2D eigenvalue weighted by Crippen LogP contribution is 2.40. The smallest absolute Gasteiger partial charge is 0.0509 e. The summed E-state index contributed by atoms with van der Waals surface area (Å²) < 4.78 is 0. The summed E-state index contributed by atoms with van der Waals surface area (Å²) in [7, 11) is 0. The zero-order valence-electron chi connectivity index (χ0n) is 19.9. The Kier molecular flexibility index (Phi) is 7.89. The molecule has 0 aromatic rings. The van der Waals surface area contributed by atoms with Gasteiger partial charge in [0.1, 0.15) is 0 Å². The third-order valence-electron chi connectivity index (χ3n) is 8.01. The molecular weight excluding hydrogens is 468 g/mol. The molecule has 0 amide bonds. The molecule has 5 aliphatic rings. The van der Waals surface area contributed by atoms with E-state index in [2.05, 4.69) is 98.6 Å². The van der Waals surface area contributed by atoms with Crippen molar-refractivity contribution in [2.24, 2.45) is 0 Å². The summed E-state index contributed by atoms with van der Waals surface area (Å²) in [6, 6.07) is 2.24. The molecule has 5 unspecified atom stereocenters. The minimum absolute atomic E-state index is 0.458. The number of alkyl halides is 1. The lowest BCUT2D eigenvalue weighted by Crippen LogP contribution is -2.58. The fourth-order valence-electron chi connectivity index (χ4n) is 6.46. The van der Waals surface area contributed by atoms with E-state index in [0.29, 0.717) is 29.0 Å². The zero-order valence-corrected chi connectivity index (χ0v) is 21.5. The van der Waals surface area contributed by atoms with Gasteiger partial charge in [-0.25, -0.2) is 0 Å². The van der Waals surface area contributed by atoms with E-state index in [9.17, 15) is 0 Å². The molecule has 0 N–H and O–H groups in total.